The maximum atomic E-state index is 10.9. The molecule has 9 heteroatoms. The Morgan fingerprint density at radius 2 is 2.11 bits per heavy atom. The van der Waals surface area contributed by atoms with Crippen molar-refractivity contribution in [1.29, 1.82) is 0 Å². The fourth-order valence-electron chi connectivity index (χ4n) is 1.29. The molecule has 18 heavy (non-hydrogen) atoms. The van der Waals surface area contributed by atoms with Crippen molar-refractivity contribution in [3.8, 4) is 0 Å². The van der Waals surface area contributed by atoms with Crippen LogP contribution in [0.1, 0.15) is 12.6 Å². The zero-order chi connectivity index (χ0) is 13.7. The van der Waals surface area contributed by atoms with Crippen molar-refractivity contribution >= 4 is 29.0 Å². The SMILES string of the molecule is CC(=O)NCCNc1nc(Cl)nc(C)c1[N+](=O)[O-]. The van der Waals surface area contributed by atoms with Crippen molar-refractivity contribution in [3.05, 3.63) is 21.1 Å². The predicted molar refractivity (Wildman–Crippen MR) is 65.6 cm³/mol. The van der Waals surface area contributed by atoms with Gasteiger partial charge >= 0.3 is 5.69 Å². The van der Waals surface area contributed by atoms with E-state index in [0.29, 0.717) is 13.1 Å². The molecule has 1 amide bonds. The van der Waals surface area contributed by atoms with Crippen LogP contribution in [-0.2, 0) is 4.79 Å². The summed E-state index contributed by atoms with van der Waals surface area (Å²) in [6.45, 7) is 3.49. The van der Waals surface area contributed by atoms with Crippen molar-refractivity contribution < 1.29 is 9.72 Å². The number of nitro groups is 1. The van der Waals surface area contributed by atoms with Gasteiger partial charge in [-0.05, 0) is 18.5 Å². The van der Waals surface area contributed by atoms with Gasteiger partial charge in [0, 0.05) is 20.0 Å². The lowest BCUT2D eigenvalue weighted by molar-refractivity contribution is -0.385. The second-order valence-corrected chi connectivity index (χ2v) is 3.78. The molecule has 1 heterocycles. The Labute approximate surface area is 108 Å². The second-order valence-electron chi connectivity index (χ2n) is 3.44. The summed E-state index contributed by atoms with van der Waals surface area (Å²) in [4.78, 5) is 28.4. The van der Waals surface area contributed by atoms with Gasteiger partial charge in [-0.15, -0.1) is 0 Å². The van der Waals surface area contributed by atoms with Crippen molar-refractivity contribution in [2.45, 2.75) is 13.8 Å². The van der Waals surface area contributed by atoms with Gasteiger partial charge < -0.3 is 10.6 Å². The number of amides is 1. The van der Waals surface area contributed by atoms with Gasteiger partial charge in [0.2, 0.25) is 17.0 Å². The summed E-state index contributed by atoms with van der Waals surface area (Å²) in [5.74, 6) is -0.133. The minimum Gasteiger partial charge on any atom is -0.362 e. The highest BCUT2D eigenvalue weighted by molar-refractivity contribution is 6.28. The summed E-state index contributed by atoms with van der Waals surface area (Å²) in [7, 11) is 0. The minimum absolute atomic E-state index is 0.0443. The van der Waals surface area contributed by atoms with Gasteiger partial charge in [0.1, 0.15) is 5.69 Å². The van der Waals surface area contributed by atoms with Crippen LogP contribution in [-0.4, -0.2) is 33.9 Å². The molecule has 0 aliphatic carbocycles. The van der Waals surface area contributed by atoms with Crippen molar-refractivity contribution in [1.82, 2.24) is 15.3 Å². The average Bonchev–Trinajstić information content (AvgIpc) is 2.22. The molecule has 0 spiro atoms. The van der Waals surface area contributed by atoms with E-state index in [1.165, 1.54) is 13.8 Å². The highest BCUT2D eigenvalue weighted by Gasteiger charge is 2.21. The molecular weight excluding hydrogens is 262 g/mol. The molecule has 8 nitrogen and oxygen atoms in total. The van der Waals surface area contributed by atoms with Gasteiger partial charge in [-0.3, -0.25) is 14.9 Å². The van der Waals surface area contributed by atoms with Gasteiger partial charge in [-0.1, -0.05) is 0 Å². The Bertz CT molecular complexity index is 480. The topological polar surface area (TPSA) is 110 Å². The molecule has 0 saturated carbocycles. The summed E-state index contributed by atoms with van der Waals surface area (Å²) in [5.41, 5.74) is -0.0377. The summed E-state index contributed by atoms with van der Waals surface area (Å²) in [6, 6.07) is 0. The van der Waals surface area contributed by atoms with Crippen LogP contribution in [0.4, 0.5) is 11.5 Å². The molecule has 0 atom stereocenters. The fourth-order valence-corrected chi connectivity index (χ4v) is 1.51. The number of carbonyl (C=O) groups excluding carboxylic acids is 1. The summed E-state index contributed by atoms with van der Waals surface area (Å²) < 4.78 is 0. The monoisotopic (exact) mass is 273 g/mol. The first-order valence-electron chi connectivity index (χ1n) is 5.08. The van der Waals surface area contributed by atoms with Gasteiger partial charge in [0.15, 0.2) is 0 Å². The molecule has 0 radical (unpaired) electrons. The zero-order valence-electron chi connectivity index (χ0n) is 9.86. The Hall–Kier alpha value is -1.96. The van der Waals surface area contributed by atoms with E-state index in [0.717, 1.165) is 0 Å². The number of carbonyl (C=O) groups is 1. The Morgan fingerprint density at radius 3 is 2.67 bits per heavy atom. The lowest BCUT2D eigenvalue weighted by Crippen LogP contribution is -2.26. The highest BCUT2D eigenvalue weighted by atomic mass is 35.5. The van der Waals surface area contributed by atoms with E-state index >= 15 is 0 Å². The van der Waals surface area contributed by atoms with Crippen LogP contribution in [0.25, 0.3) is 0 Å². The molecule has 1 rings (SSSR count). The molecule has 0 saturated heterocycles. The molecule has 0 unspecified atom stereocenters. The van der Waals surface area contributed by atoms with Crippen LogP contribution in [0.3, 0.4) is 0 Å². The molecule has 1 aromatic heterocycles. The molecule has 1 aromatic rings. The fraction of sp³-hybridized carbons (Fsp3) is 0.444. The van der Waals surface area contributed by atoms with E-state index in [1.54, 1.807) is 0 Å². The maximum absolute atomic E-state index is 10.9. The third-order valence-electron chi connectivity index (χ3n) is 2.00. The molecule has 0 fully saturated rings. The number of halogens is 1. The van der Waals surface area contributed by atoms with E-state index in [9.17, 15) is 14.9 Å². The third kappa shape index (κ3) is 3.81. The number of hydrogen-bond donors (Lipinski definition) is 2. The van der Waals surface area contributed by atoms with Crippen molar-refractivity contribution in [2.24, 2.45) is 0 Å². The van der Waals surface area contributed by atoms with Crippen LogP contribution in [0, 0.1) is 17.0 Å². The molecule has 0 aromatic carbocycles. The highest BCUT2D eigenvalue weighted by Crippen LogP contribution is 2.25. The summed E-state index contributed by atoms with van der Waals surface area (Å²) in [5, 5.41) is 16.1. The van der Waals surface area contributed by atoms with E-state index in [4.69, 9.17) is 11.6 Å². The van der Waals surface area contributed by atoms with Crippen LogP contribution in [0.15, 0.2) is 0 Å². The normalized spacial score (nSPS) is 9.94. The average molecular weight is 274 g/mol. The number of hydrogen-bond acceptors (Lipinski definition) is 6. The van der Waals surface area contributed by atoms with E-state index in [1.807, 2.05) is 0 Å². The number of aryl methyl sites for hydroxylation is 1. The first-order valence-corrected chi connectivity index (χ1v) is 5.46. The lowest BCUT2D eigenvalue weighted by Gasteiger charge is -2.07. The number of nitrogens with one attached hydrogen (secondary N) is 2. The van der Waals surface area contributed by atoms with Gasteiger partial charge in [0.25, 0.3) is 0 Å². The van der Waals surface area contributed by atoms with E-state index in [-0.39, 0.29) is 28.4 Å². The first-order chi connectivity index (χ1) is 8.41. The number of anilines is 1. The summed E-state index contributed by atoms with van der Waals surface area (Å²) >= 11 is 5.64. The molecule has 2 N–H and O–H groups in total. The van der Waals surface area contributed by atoms with Gasteiger partial charge in [-0.2, -0.15) is 4.98 Å². The van der Waals surface area contributed by atoms with Gasteiger partial charge in [-0.25, -0.2) is 4.98 Å². The van der Waals surface area contributed by atoms with E-state index in [2.05, 4.69) is 20.6 Å². The molecule has 0 aliphatic heterocycles. The smallest absolute Gasteiger partial charge is 0.332 e. The van der Waals surface area contributed by atoms with Crippen LogP contribution in [0.5, 0.6) is 0 Å². The Morgan fingerprint density at radius 1 is 1.44 bits per heavy atom. The van der Waals surface area contributed by atoms with Crippen molar-refractivity contribution in [3.63, 3.8) is 0 Å². The molecule has 0 bridgehead atoms. The Balaban J connectivity index is 2.80. The third-order valence-corrected chi connectivity index (χ3v) is 2.17. The quantitative estimate of drug-likeness (QED) is 0.357. The van der Waals surface area contributed by atoms with Crippen LogP contribution >= 0.6 is 11.6 Å². The standard InChI is InChI=1S/C9H12ClN5O3/c1-5-7(15(17)18)8(14-9(10)13-5)12-4-3-11-6(2)16/h3-4H2,1-2H3,(H,11,16)(H,12,13,14). The maximum Gasteiger partial charge on any atom is 0.332 e. The molecular formula is C9H12ClN5O3. The largest absolute Gasteiger partial charge is 0.362 e. The lowest BCUT2D eigenvalue weighted by atomic mass is 10.3. The summed E-state index contributed by atoms with van der Waals surface area (Å²) in [6.07, 6.45) is 0. The number of nitrogens with zero attached hydrogens (tertiary/aromatic N) is 3. The predicted octanol–water partition coefficient (Wildman–Crippen LogP) is 0.895. The second kappa shape index (κ2) is 6.10. The Kier molecular flexibility index (Phi) is 4.78. The van der Waals surface area contributed by atoms with E-state index < -0.39 is 4.92 Å². The van der Waals surface area contributed by atoms with Crippen LogP contribution in [0.2, 0.25) is 5.28 Å². The van der Waals surface area contributed by atoms with Gasteiger partial charge in [0.05, 0.1) is 4.92 Å². The molecule has 0 aliphatic rings. The number of rotatable bonds is 5. The first kappa shape index (κ1) is 14.1. The van der Waals surface area contributed by atoms with Crippen LogP contribution < -0.4 is 10.6 Å². The minimum atomic E-state index is -0.577. The number of aromatic nitrogens is 2. The zero-order valence-corrected chi connectivity index (χ0v) is 10.6. The van der Waals surface area contributed by atoms with Crippen molar-refractivity contribution in [2.75, 3.05) is 18.4 Å². The molecule has 98 valence electrons.